The molecule has 0 aliphatic rings. The summed E-state index contributed by atoms with van der Waals surface area (Å²) in [5.41, 5.74) is -1.37. The lowest BCUT2D eigenvalue weighted by atomic mass is 10.1. The first-order valence-electron chi connectivity index (χ1n) is 6.83. The largest absolute Gasteiger partial charge is 0.462 e. The zero-order valence-corrected chi connectivity index (χ0v) is 14.0. The highest BCUT2D eigenvalue weighted by Gasteiger charge is 2.23. The first-order valence-corrected chi connectivity index (χ1v) is 7.63. The summed E-state index contributed by atoms with van der Waals surface area (Å²) in [5, 5.41) is 9.04. The van der Waals surface area contributed by atoms with Gasteiger partial charge in [-0.25, -0.2) is 13.6 Å². The Labute approximate surface area is 138 Å². The number of ether oxygens (including phenoxy) is 1. The number of aliphatic hydroxyl groups excluding tert-OH is 1. The Balaban J connectivity index is 2.95. The van der Waals surface area contributed by atoms with Gasteiger partial charge in [-0.3, -0.25) is 4.79 Å². The predicted molar refractivity (Wildman–Crippen MR) is 83.6 cm³/mol. The molecule has 23 heavy (non-hydrogen) atoms. The highest BCUT2D eigenvalue weighted by Crippen LogP contribution is 2.28. The molecule has 1 heterocycles. The summed E-state index contributed by atoms with van der Waals surface area (Å²) in [6, 6.07) is 0.215. The van der Waals surface area contributed by atoms with Gasteiger partial charge in [0.15, 0.2) is 5.82 Å². The van der Waals surface area contributed by atoms with Crippen molar-refractivity contribution in [2.75, 3.05) is 13.2 Å². The van der Waals surface area contributed by atoms with Crippen LogP contribution in [0.3, 0.4) is 0 Å². The molecule has 8 heteroatoms. The summed E-state index contributed by atoms with van der Waals surface area (Å²) < 4.78 is 33.8. The lowest BCUT2D eigenvalue weighted by molar-refractivity contribution is 0.0523. The van der Waals surface area contributed by atoms with E-state index in [1.165, 1.54) is 4.57 Å². The van der Waals surface area contributed by atoms with Crippen molar-refractivity contribution in [3.05, 3.63) is 44.2 Å². The molecule has 0 saturated carbocycles. The number of fused-ring (bicyclic) bond motifs is 1. The second-order valence-corrected chi connectivity index (χ2v) is 5.71. The SMILES string of the molecule is CCOC(=O)c1cn(C(C)CO)c2c(F)c(Br)c(F)cc2c1=O. The standard InChI is InChI=1S/C15H14BrF2NO4/c1-3-23-15(22)9-5-19(7(2)6-20)13-8(14(9)21)4-10(17)11(16)12(13)18/h4-5,7,20H,3,6H2,1-2H3. The number of aromatic nitrogens is 1. The van der Waals surface area contributed by atoms with Gasteiger partial charge in [-0.05, 0) is 35.8 Å². The highest BCUT2D eigenvalue weighted by molar-refractivity contribution is 9.10. The van der Waals surface area contributed by atoms with Crippen LogP contribution in [0.4, 0.5) is 8.78 Å². The number of hydrogen-bond donors (Lipinski definition) is 1. The van der Waals surface area contributed by atoms with Gasteiger partial charge in [-0.2, -0.15) is 0 Å². The smallest absolute Gasteiger partial charge is 0.343 e. The fraction of sp³-hybridized carbons (Fsp3) is 0.333. The van der Waals surface area contributed by atoms with Crippen LogP contribution in [0.15, 0.2) is 21.5 Å². The van der Waals surface area contributed by atoms with Crippen LogP contribution in [-0.4, -0.2) is 28.9 Å². The van der Waals surface area contributed by atoms with E-state index in [0.717, 1.165) is 12.3 Å². The summed E-state index contributed by atoms with van der Waals surface area (Å²) in [6.07, 6.45) is 1.12. The number of hydrogen-bond acceptors (Lipinski definition) is 4. The second kappa shape index (κ2) is 6.76. The molecule has 2 aromatic rings. The molecule has 0 saturated heterocycles. The van der Waals surface area contributed by atoms with Crippen molar-refractivity contribution in [1.82, 2.24) is 4.57 Å². The summed E-state index contributed by atoms with van der Waals surface area (Å²) >= 11 is 2.78. The summed E-state index contributed by atoms with van der Waals surface area (Å²) in [6.45, 7) is 2.82. The van der Waals surface area contributed by atoms with E-state index in [4.69, 9.17) is 4.74 Å². The normalized spacial score (nSPS) is 12.4. The lowest BCUT2D eigenvalue weighted by Crippen LogP contribution is -2.24. The molecule has 0 aliphatic carbocycles. The lowest BCUT2D eigenvalue weighted by Gasteiger charge is -2.19. The van der Waals surface area contributed by atoms with E-state index in [1.54, 1.807) is 13.8 Å². The number of rotatable bonds is 4. The molecule has 1 aromatic heterocycles. The molecule has 0 bridgehead atoms. The van der Waals surface area contributed by atoms with Gasteiger partial charge in [0, 0.05) is 6.20 Å². The van der Waals surface area contributed by atoms with Crippen LogP contribution in [-0.2, 0) is 4.74 Å². The van der Waals surface area contributed by atoms with Crippen molar-refractivity contribution in [2.24, 2.45) is 0 Å². The summed E-state index contributed by atoms with van der Waals surface area (Å²) in [7, 11) is 0. The van der Waals surface area contributed by atoms with Crippen molar-refractivity contribution in [3.8, 4) is 0 Å². The van der Waals surface area contributed by atoms with E-state index in [-0.39, 0.29) is 29.7 Å². The van der Waals surface area contributed by atoms with Crippen LogP contribution < -0.4 is 5.43 Å². The van der Waals surface area contributed by atoms with Gasteiger partial charge in [0.05, 0.1) is 34.6 Å². The van der Waals surface area contributed by atoms with E-state index in [1.807, 2.05) is 0 Å². The van der Waals surface area contributed by atoms with E-state index in [9.17, 15) is 23.5 Å². The van der Waals surface area contributed by atoms with Crippen molar-refractivity contribution in [1.29, 1.82) is 0 Å². The van der Waals surface area contributed by atoms with Gasteiger partial charge < -0.3 is 14.4 Å². The summed E-state index contributed by atoms with van der Waals surface area (Å²) in [4.78, 5) is 24.3. The van der Waals surface area contributed by atoms with Gasteiger partial charge in [0.25, 0.3) is 0 Å². The van der Waals surface area contributed by atoms with Gasteiger partial charge in [-0.1, -0.05) is 0 Å². The number of benzene rings is 1. The molecule has 0 fully saturated rings. The first kappa shape index (κ1) is 17.6. The monoisotopic (exact) mass is 389 g/mol. The average molecular weight is 390 g/mol. The number of aliphatic hydroxyl groups is 1. The Morgan fingerprint density at radius 3 is 2.70 bits per heavy atom. The highest BCUT2D eigenvalue weighted by atomic mass is 79.9. The van der Waals surface area contributed by atoms with Crippen LogP contribution in [0, 0.1) is 11.6 Å². The molecule has 1 N–H and O–H groups in total. The van der Waals surface area contributed by atoms with E-state index >= 15 is 0 Å². The van der Waals surface area contributed by atoms with Gasteiger partial charge in [-0.15, -0.1) is 0 Å². The van der Waals surface area contributed by atoms with E-state index in [0.29, 0.717) is 0 Å². The number of esters is 1. The van der Waals surface area contributed by atoms with Crippen LogP contribution >= 0.6 is 15.9 Å². The Bertz CT molecular complexity index is 835. The fourth-order valence-electron chi connectivity index (χ4n) is 2.21. The maximum absolute atomic E-state index is 14.4. The van der Waals surface area contributed by atoms with Crippen LogP contribution in [0.2, 0.25) is 0 Å². The van der Waals surface area contributed by atoms with Crippen LogP contribution in [0.1, 0.15) is 30.2 Å². The molecule has 1 aromatic carbocycles. The number of pyridine rings is 1. The Morgan fingerprint density at radius 1 is 1.48 bits per heavy atom. The zero-order valence-electron chi connectivity index (χ0n) is 12.4. The average Bonchev–Trinajstić information content (AvgIpc) is 2.53. The van der Waals surface area contributed by atoms with E-state index in [2.05, 4.69) is 15.9 Å². The molecule has 0 radical (unpaired) electrons. The minimum Gasteiger partial charge on any atom is -0.462 e. The topological polar surface area (TPSA) is 68.5 Å². The molecule has 0 amide bonds. The molecule has 5 nitrogen and oxygen atoms in total. The van der Waals surface area contributed by atoms with Crippen LogP contribution in [0.5, 0.6) is 0 Å². The van der Waals surface area contributed by atoms with Gasteiger partial charge in [0.1, 0.15) is 11.4 Å². The van der Waals surface area contributed by atoms with Crippen molar-refractivity contribution in [2.45, 2.75) is 19.9 Å². The molecular weight excluding hydrogens is 376 g/mol. The zero-order chi connectivity index (χ0) is 17.3. The third kappa shape index (κ3) is 3.00. The minimum absolute atomic E-state index is 0.0505. The molecular formula is C15H14BrF2NO4. The maximum atomic E-state index is 14.4. The quantitative estimate of drug-likeness (QED) is 0.644. The van der Waals surface area contributed by atoms with Crippen molar-refractivity contribution in [3.63, 3.8) is 0 Å². The molecule has 0 aliphatic heterocycles. The third-order valence-electron chi connectivity index (χ3n) is 3.39. The molecule has 1 unspecified atom stereocenters. The number of nitrogens with zero attached hydrogens (tertiary/aromatic N) is 1. The molecule has 2 rings (SSSR count). The predicted octanol–water partition coefficient (Wildman–Crippen LogP) is 2.77. The summed E-state index contributed by atoms with van der Waals surface area (Å²) in [5.74, 6) is -2.83. The minimum atomic E-state index is -0.979. The van der Waals surface area contributed by atoms with Crippen LogP contribution in [0.25, 0.3) is 10.9 Å². The third-order valence-corrected chi connectivity index (χ3v) is 4.11. The number of carbonyl (C=O) groups is 1. The molecule has 0 spiro atoms. The van der Waals surface area contributed by atoms with Crippen molar-refractivity contribution < 1.29 is 23.4 Å². The van der Waals surface area contributed by atoms with Gasteiger partial charge in [0.2, 0.25) is 5.43 Å². The molecule has 124 valence electrons. The Morgan fingerprint density at radius 2 is 2.13 bits per heavy atom. The second-order valence-electron chi connectivity index (χ2n) is 4.91. The Kier molecular flexibility index (Phi) is 5.16. The first-order chi connectivity index (χ1) is 10.8. The van der Waals surface area contributed by atoms with Crippen molar-refractivity contribution >= 4 is 32.8 Å². The molecule has 1 atom stereocenters. The number of halogens is 3. The Hall–Kier alpha value is -1.80. The number of carbonyl (C=O) groups excluding carboxylic acids is 1. The fourth-order valence-corrected chi connectivity index (χ4v) is 2.51. The van der Waals surface area contributed by atoms with E-state index < -0.39 is 33.5 Å². The van der Waals surface area contributed by atoms with Gasteiger partial charge >= 0.3 is 5.97 Å². The maximum Gasteiger partial charge on any atom is 0.343 e.